The van der Waals surface area contributed by atoms with Gasteiger partial charge in [0.15, 0.2) is 6.23 Å². The average molecular weight is 250 g/mol. The Bertz CT molecular complexity index is 507. The Morgan fingerprint density at radius 1 is 1.56 bits per heavy atom. The first-order chi connectivity index (χ1) is 8.55. The van der Waals surface area contributed by atoms with Crippen molar-refractivity contribution in [2.75, 3.05) is 11.9 Å². The van der Waals surface area contributed by atoms with E-state index in [0.29, 0.717) is 5.56 Å². The molecule has 6 heteroatoms. The lowest BCUT2D eigenvalue weighted by molar-refractivity contribution is -0.142. The lowest BCUT2D eigenvalue weighted by Crippen LogP contribution is -2.50. The van der Waals surface area contributed by atoms with Crippen molar-refractivity contribution in [3.05, 3.63) is 29.8 Å². The molecule has 1 aromatic rings. The molecule has 18 heavy (non-hydrogen) atoms. The number of anilines is 1. The summed E-state index contributed by atoms with van der Waals surface area (Å²) in [5.41, 5.74) is 5.68. The first-order valence-electron chi connectivity index (χ1n) is 5.73. The Morgan fingerprint density at radius 2 is 2.28 bits per heavy atom. The molecular formula is C12H14N2O4. The van der Waals surface area contributed by atoms with Gasteiger partial charge in [-0.05, 0) is 6.07 Å². The molecule has 1 aromatic carbocycles. The van der Waals surface area contributed by atoms with Crippen LogP contribution in [-0.2, 0) is 15.1 Å². The minimum absolute atomic E-state index is 0.121. The van der Waals surface area contributed by atoms with E-state index in [2.05, 4.69) is 5.32 Å². The topological polar surface area (TPSA) is 105 Å². The number of carbonyl (C=O) groups is 1. The molecule has 0 radical (unpaired) electrons. The fourth-order valence-corrected chi connectivity index (χ4v) is 2.79. The van der Waals surface area contributed by atoms with Crippen molar-refractivity contribution in [3.8, 4) is 0 Å². The van der Waals surface area contributed by atoms with Crippen LogP contribution in [0, 0.1) is 5.92 Å². The van der Waals surface area contributed by atoms with E-state index in [4.69, 9.17) is 15.6 Å². The zero-order valence-electron chi connectivity index (χ0n) is 9.54. The molecule has 0 saturated carbocycles. The maximum absolute atomic E-state index is 11.0. The molecule has 96 valence electrons. The lowest BCUT2D eigenvalue weighted by Gasteiger charge is -2.30. The maximum Gasteiger partial charge on any atom is 0.320 e. The number of para-hydroxylation sites is 1. The molecule has 2 heterocycles. The number of aliphatic hydroxyl groups is 1. The van der Waals surface area contributed by atoms with Crippen LogP contribution in [0.15, 0.2) is 24.3 Å². The molecule has 0 spiro atoms. The number of benzene rings is 1. The van der Waals surface area contributed by atoms with Crippen molar-refractivity contribution in [1.29, 1.82) is 0 Å². The predicted octanol–water partition coefficient (Wildman–Crippen LogP) is -0.316. The molecule has 1 unspecified atom stereocenters. The fourth-order valence-electron chi connectivity index (χ4n) is 2.79. The summed E-state index contributed by atoms with van der Waals surface area (Å²) in [6.45, 7) is 0.121. The Kier molecular flexibility index (Phi) is 2.34. The number of nitrogens with two attached hydrogens (primary N) is 1. The first-order valence-corrected chi connectivity index (χ1v) is 5.73. The second-order valence-corrected chi connectivity index (χ2v) is 4.70. The summed E-state index contributed by atoms with van der Waals surface area (Å²) in [5, 5.41) is 22.9. The minimum atomic E-state index is -1.38. The standard InChI is InChI=1S/C12H14N2O4/c13-9(10(15)16)7-5-18-11-12(7,17)6-3-1-2-4-8(6)14-11/h1-4,7,9,11,14,17H,5,13H2,(H,15,16)/t7?,9-,11-,12-/m0/s1. The van der Waals surface area contributed by atoms with Gasteiger partial charge in [0.1, 0.15) is 11.6 Å². The normalized spacial score (nSPS) is 34.6. The van der Waals surface area contributed by atoms with Gasteiger partial charge in [0, 0.05) is 17.2 Å². The summed E-state index contributed by atoms with van der Waals surface area (Å²) >= 11 is 0. The van der Waals surface area contributed by atoms with Crippen LogP contribution < -0.4 is 11.1 Å². The van der Waals surface area contributed by atoms with Gasteiger partial charge in [-0.15, -0.1) is 0 Å². The van der Waals surface area contributed by atoms with Crippen LogP contribution in [0.1, 0.15) is 5.56 Å². The number of aliphatic carboxylic acids is 1. The van der Waals surface area contributed by atoms with Gasteiger partial charge in [0.25, 0.3) is 0 Å². The zero-order valence-corrected chi connectivity index (χ0v) is 9.54. The van der Waals surface area contributed by atoms with Crippen LogP contribution in [0.4, 0.5) is 5.69 Å². The molecule has 0 amide bonds. The third kappa shape index (κ3) is 1.30. The molecule has 3 rings (SSSR count). The number of carboxylic acid groups (broad SMARTS) is 1. The molecule has 0 aliphatic carbocycles. The summed E-state index contributed by atoms with van der Waals surface area (Å²) in [7, 11) is 0. The number of hydrogen-bond acceptors (Lipinski definition) is 5. The minimum Gasteiger partial charge on any atom is -0.480 e. The Balaban J connectivity index is 2.05. The van der Waals surface area contributed by atoms with Gasteiger partial charge >= 0.3 is 5.97 Å². The predicted molar refractivity (Wildman–Crippen MR) is 62.8 cm³/mol. The highest BCUT2D eigenvalue weighted by molar-refractivity contribution is 5.74. The van der Waals surface area contributed by atoms with E-state index in [-0.39, 0.29) is 6.61 Å². The van der Waals surface area contributed by atoms with E-state index in [1.807, 2.05) is 12.1 Å². The van der Waals surface area contributed by atoms with Crippen LogP contribution in [0.5, 0.6) is 0 Å². The number of ether oxygens (including phenoxy) is 1. The highest BCUT2D eigenvalue weighted by Crippen LogP contribution is 2.49. The highest BCUT2D eigenvalue weighted by atomic mass is 16.5. The van der Waals surface area contributed by atoms with Gasteiger partial charge in [0.05, 0.1) is 6.61 Å². The summed E-state index contributed by atoms with van der Waals surface area (Å²) in [6.07, 6.45) is -0.634. The quantitative estimate of drug-likeness (QED) is 0.573. The number of rotatable bonds is 2. The van der Waals surface area contributed by atoms with Crippen LogP contribution >= 0.6 is 0 Å². The summed E-state index contributed by atoms with van der Waals surface area (Å²) in [6, 6.07) is 6.05. The van der Waals surface area contributed by atoms with Gasteiger partial charge in [0.2, 0.25) is 0 Å². The SMILES string of the molecule is N[C@H](C(=O)O)C1CO[C@@H]2Nc3ccccc3[C@]12O. The largest absolute Gasteiger partial charge is 0.480 e. The van der Waals surface area contributed by atoms with Gasteiger partial charge in [-0.3, -0.25) is 4.79 Å². The van der Waals surface area contributed by atoms with Gasteiger partial charge in [-0.1, -0.05) is 18.2 Å². The maximum atomic E-state index is 11.0. The van der Waals surface area contributed by atoms with Crippen molar-refractivity contribution in [2.45, 2.75) is 17.9 Å². The van der Waals surface area contributed by atoms with Crippen LogP contribution in [0.3, 0.4) is 0 Å². The number of carboxylic acids is 1. The zero-order chi connectivity index (χ0) is 12.9. The second-order valence-electron chi connectivity index (χ2n) is 4.70. The average Bonchev–Trinajstić information content (AvgIpc) is 2.80. The Hall–Kier alpha value is -1.63. The lowest BCUT2D eigenvalue weighted by atomic mass is 9.80. The summed E-state index contributed by atoms with van der Waals surface area (Å²) < 4.78 is 5.44. The van der Waals surface area contributed by atoms with Gasteiger partial charge in [-0.25, -0.2) is 0 Å². The highest BCUT2D eigenvalue weighted by Gasteiger charge is 2.59. The molecule has 0 aromatic heterocycles. The van der Waals surface area contributed by atoms with Crippen LogP contribution in [0.25, 0.3) is 0 Å². The molecule has 2 aliphatic rings. The van der Waals surface area contributed by atoms with Gasteiger partial charge < -0.3 is 26.0 Å². The Morgan fingerprint density at radius 3 is 3.00 bits per heavy atom. The number of fused-ring (bicyclic) bond motifs is 3. The molecule has 5 N–H and O–H groups in total. The van der Waals surface area contributed by atoms with E-state index < -0.39 is 29.8 Å². The van der Waals surface area contributed by atoms with E-state index >= 15 is 0 Å². The van der Waals surface area contributed by atoms with Crippen molar-refractivity contribution < 1.29 is 19.7 Å². The number of nitrogens with one attached hydrogen (secondary N) is 1. The van der Waals surface area contributed by atoms with Crippen molar-refractivity contribution in [3.63, 3.8) is 0 Å². The molecular weight excluding hydrogens is 236 g/mol. The first kappa shape index (κ1) is 11.5. The monoisotopic (exact) mass is 250 g/mol. The fraction of sp³-hybridized carbons (Fsp3) is 0.417. The van der Waals surface area contributed by atoms with Crippen molar-refractivity contribution in [2.24, 2.45) is 11.7 Å². The van der Waals surface area contributed by atoms with Crippen LogP contribution in [-0.4, -0.2) is 35.1 Å². The number of hydrogen-bond donors (Lipinski definition) is 4. The molecule has 4 atom stereocenters. The summed E-state index contributed by atoms with van der Waals surface area (Å²) in [5.74, 6) is -1.81. The molecule has 6 nitrogen and oxygen atoms in total. The molecule has 1 saturated heterocycles. The molecule has 1 fully saturated rings. The molecule has 2 aliphatic heterocycles. The van der Waals surface area contributed by atoms with E-state index in [9.17, 15) is 9.90 Å². The molecule has 0 bridgehead atoms. The third-order valence-electron chi connectivity index (χ3n) is 3.77. The van der Waals surface area contributed by atoms with Crippen molar-refractivity contribution in [1.82, 2.24) is 0 Å². The van der Waals surface area contributed by atoms with E-state index in [1.54, 1.807) is 12.1 Å². The third-order valence-corrected chi connectivity index (χ3v) is 3.77. The van der Waals surface area contributed by atoms with Crippen molar-refractivity contribution >= 4 is 11.7 Å². The van der Waals surface area contributed by atoms with E-state index in [0.717, 1.165) is 5.69 Å². The second kappa shape index (κ2) is 3.68. The van der Waals surface area contributed by atoms with E-state index in [1.165, 1.54) is 0 Å². The smallest absolute Gasteiger partial charge is 0.320 e. The Labute approximate surface area is 103 Å². The van der Waals surface area contributed by atoms with Gasteiger partial charge in [-0.2, -0.15) is 0 Å². The van der Waals surface area contributed by atoms with Crippen LogP contribution in [0.2, 0.25) is 0 Å². The summed E-state index contributed by atoms with van der Waals surface area (Å²) in [4.78, 5) is 11.0.